The molecule has 1 saturated heterocycles. The fraction of sp³-hybridized carbons (Fsp3) is 0.368. The van der Waals surface area contributed by atoms with Crippen molar-refractivity contribution < 1.29 is 14.0 Å². The molecule has 1 fully saturated rings. The topological polar surface area (TPSA) is 62.6 Å². The van der Waals surface area contributed by atoms with E-state index in [-0.39, 0.29) is 23.1 Å². The molecule has 1 unspecified atom stereocenters. The number of likely N-dealkylation sites (tertiary alicyclic amines) is 1. The average Bonchev–Trinajstić information content (AvgIpc) is 3.18. The van der Waals surface area contributed by atoms with E-state index in [0.29, 0.717) is 23.9 Å². The minimum absolute atomic E-state index is 0.0146. The van der Waals surface area contributed by atoms with Gasteiger partial charge in [-0.1, -0.05) is 11.6 Å². The largest absolute Gasteiger partial charge is 0.459 e. The quantitative estimate of drug-likeness (QED) is 0.785. The number of nitrogens with one attached hydrogen (secondary N) is 1. The highest BCUT2D eigenvalue weighted by atomic mass is 35.5. The van der Waals surface area contributed by atoms with Crippen LogP contribution in [0, 0.1) is 0 Å². The number of furan rings is 1. The third-order valence-electron chi connectivity index (χ3n) is 4.36. The molecule has 1 N–H and O–H groups in total. The highest BCUT2D eigenvalue weighted by Gasteiger charge is 2.27. The third-order valence-corrected chi connectivity index (χ3v) is 5.72. The summed E-state index contributed by atoms with van der Waals surface area (Å²) in [6, 6.07) is 10.9. The van der Waals surface area contributed by atoms with Gasteiger partial charge >= 0.3 is 0 Å². The molecule has 0 saturated carbocycles. The van der Waals surface area contributed by atoms with E-state index in [1.54, 1.807) is 17.0 Å². The van der Waals surface area contributed by atoms with E-state index < -0.39 is 0 Å². The van der Waals surface area contributed by atoms with Gasteiger partial charge in [0, 0.05) is 29.0 Å². The van der Waals surface area contributed by atoms with Crippen LogP contribution in [0.3, 0.4) is 0 Å². The maximum absolute atomic E-state index is 12.4. The van der Waals surface area contributed by atoms with E-state index in [0.717, 1.165) is 17.7 Å². The second-order valence-corrected chi connectivity index (χ2v) is 8.12. The van der Waals surface area contributed by atoms with E-state index in [1.807, 2.05) is 31.2 Å². The molecule has 1 aliphatic rings. The van der Waals surface area contributed by atoms with Crippen molar-refractivity contribution in [2.45, 2.75) is 36.0 Å². The number of amides is 2. The molecule has 1 atom stereocenters. The van der Waals surface area contributed by atoms with Crippen LogP contribution < -0.4 is 5.32 Å². The molecule has 2 heterocycles. The monoisotopic (exact) mass is 392 g/mol. The Morgan fingerprint density at radius 3 is 2.54 bits per heavy atom. The molecule has 0 bridgehead atoms. The van der Waals surface area contributed by atoms with Gasteiger partial charge in [0.2, 0.25) is 5.91 Å². The number of nitrogens with zero attached hydrogens (tertiary/aromatic N) is 1. The molecule has 138 valence electrons. The zero-order chi connectivity index (χ0) is 18.5. The molecule has 2 amide bonds. The number of benzene rings is 1. The lowest BCUT2D eigenvalue weighted by molar-refractivity contribution is -0.121. The normalized spacial score (nSPS) is 16.3. The van der Waals surface area contributed by atoms with Crippen molar-refractivity contribution >= 4 is 35.2 Å². The van der Waals surface area contributed by atoms with Gasteiger partial charge in [0.05, 0.1) is 11.5 Å². The van der Waals surface area contributed by atoms with Gasteiger partial charge in [0.25, 0.3) is 5.91 Å². The van der Waals surface area contributed by atoms with Gasteiger partial charge in [0.1, 0.15) is 0 Å². The van der Waals surface area contributed by atoms with E-state index in [4.69, 9.17) is 16.0 Å². The number of halogens is 1. The Balaban J connectivity index is 1.45. The predicted molar refractivity (Wildman–Crippen MR) is 103 cm³/mol. The van der Waals surface area contributed by atoms with E-state index >= 15 is 0 Å². The van der Waals surface area contributed by atoms with Crippen LogP contribution in [0.5, 0.6) is 0 Å². The molecule has 3 rings (SSSR count). The molecule has 26 heavy (non-hydrogen) atoms. The maximum Gasteiger partial charge on any atom is 0.289 e. The van der Waals surface area contributed by atoms with Crippen LogP contribution in [0.1, 0.15) is 30.3 Å². The van der Waals surface area contributed by atoms with Gasteiger partial charge < -0.3 is 14.6 Å². The Kier molecular flexibility index (Phi) is 6.27. The summed E-state index contributed by atoms with van der Waals surface area (Å²) < 4.78 is 5.16. The second-order valence-electron chi connectivity index (χ2n) is 6.27. The average molecular weight is 393 g/mol. The summed E-state index contributed by atoms with van der Waals surface area (Å²) in [5, 5.41) is 3.58. The van der Waals surface area contributed by atoms with Crippen LogP contribution in [-0.2, 0) is 4.79 Å². The first kappa shape index (κ1) is 18.9. The van der Waals surface area contributed by atoms with E-state index in [1.165, 1.54) is 18.0 Å². The van der Waals surface area contributed by atoms with Gasteiger partial charge in [-0.25, -0.2) is 0 Å². The number of carbonyl (C=O) groups excluding carboxylic acids is 2. The van der Waals surface area contributed by atoms with Crippen molar-refractivity contribution in [1.29, 1.82) is 0 Å². The van der Waals surface area contributed by atoms with Gasteiger partial charge in [-0.15, -0.1) is 11.8 Å². The Morgan fingerprint density at radius 2 is 1.92 bits per heavy atom. The zero-order valence-electron chi connectivity index (χ0n) is 14.5. The van der Waals surface area contributed by atoms with Crippen LogP contribution in [0.4, 0.5) is 0 Å². The summed E-state index contributed by atoms with van der Waals surface area (Å²) in [5.74, 6) is 0.285. The Morgan fingerprint density at radius 1 is 1.23 bits per heavy atom. The van der Waals surface area contributed by atoms with Crippen molar-refractivity contribution in [1.82, 2.24) is 10.2 Å². The van der Waals surface area contributed by atoms with Crippen molar-refractivity contribution in [3.05, 3.63) is 53.4 Å². The minimum Gasteiger partial charge on any atom is -0.459 e. The van der Waals surface area contributed by atoms with Crippen LogP contribution in [0.15, 0.2) is 52.0 Å². The molecule has 0 spiro atoms. The molecule has 1 aromatic heterocycles. The molecule has 1 aliphatic heterocycles. The Bertz CT molecular complexity index is 741. The highest BCUT2D eigenvalue weighted by Crippen LogP contribution is 2.25. The van der Waals surface area contributed by atoms with Crippen LogP contribution in [-0.4, -0.2) is 41.1 Å². The summed E-state index contributed by atoms with van der Waals surface area (Å²) in [4.78, 5) is 27.5. The highest BCUT2D eigenvalue weighted by molar-refractivity contribution is 8.00. The minimum atomic E-state index is -0.195. The lowest BCUT2D eigenvalue weighted by atomic mass is 10.0. The van der Waals surface area contributed by atoms with Crippen molar-refractivity contribution in [3.63, 3.8) is 0 Å². The van der Waals surface area contributed by atoms with E-state index in [9.17, 15) is 9.59 Å². The smallest absolute Gasteiger partial charge is 0.289 e. The number of hydrogen-bond donors (Lipinski definition) is 1. The van der Waals surface area contributed by atoms with Crippen molar-refractivity contribution in [2.24, 2.45) is 0 Å². The maximum atomic E-state index is 12.4. The number of hydrogen-bond acceptors (Lipinski definition) is 4. The number of rotatable bonds is 5. The standard InChI is InChI=1S/C19H21ClN2O3S/c1-13(26-16-6-4-14(20)5-7-16)18(23)21-15-8-10-22(11-9-15)19(24)17-3-2-12-25-17/h2-7,12-13,15H,8-11H2,1H3,(H,21,23). The first-order valence-electron chi connectivity index (χ1n) is 8.58. The van der Waals surface area contributed by atoms with Gasteiger partial charge in [-0.2, -0.15) is 0 Å². The first-order valence-corrected chi connectivity index (χ1v) is 9.84. The zero-order valence-corrected chi connectivity index (χ0v) is 16.1. The van der Waals surface area contributed by atoms with Crippen LogP contribution in [0.2, 0.25) is 5.02 Å². The molecular formula is C19H21ClN2O3S. The summed E-state index contributed by atoms with van der Waals surface area (Å²) >= 11 is 7.39. The van der Waals surface area contributed by atoms with E-state index in [2.05, 4.69) is 5.32 Å². The Hall–Kier alpha value is -1.92. The summed E-state index contributed by atoms with van der Waals surface area (Å²) in [6.07, 6.45) is 2.99. The molecular weight excluding hydrogens is 372 g/mol. The van der Waals surface area contributed by atoms with Crippen molar-refractivity contribution in [2.75, 3.05) is 13.1 Å². The lowest BCUT2D eigenvalue weighted by Gasteiger charge is -2.32. The third kappa shape index (κ3) is 4.83. The van der Waals surface area contributed by atoms with Gasteiger partial charge in [-0.3, -0.25) is 9.59 Å². The summed E-state index contributed by atoms with van der Waals surface area (Å²) in [5.41, 5.74) is 0. The lowest BCUT2D eigenvalue weighted by Crippen LogP contribution is -2.48. The first-order chi connectivity index (χ1) is 12.5. The van der Waals surface area contributed by atoms with Crippen LogP contribution in [0.25, 0.3) is 0 Å². The van der Waals surface area contributed by atoms with Gasteiger partial charge in [-0.05, 0) is 56.2 Å². The molecule has 0 aliphatic carbocycles. The predicted octanol–water partition coefficient (Wildman–Crippen LogP) is 3.83. The molecule has 1 aromatic carbocycles. The number of thioether (sulfide) groups is 1. The summed E-state index contributed by atoms with van der Waals surface area (Å²) in [7, 11) is 0. The molecule has 5 nitrogen and oxygen atoms in total. The Labute approximate surface area is 162 Å². The second kappa shape index (κ2) is 8.64. The molecule has 7 heteroatoms. The molecule has 0 radical (unpaired) electrons. The fourth-order valence-corrected chi connectivity index (χ4v) is 3.87. The summed E-state index contributed by atoms with van der Waals surface area (Å²) in [6.45, 7) is 3.12. The van der Waals surface area contributed by atoms with Crippen LogP contribution >= 0.6 is 23.4 Å². The number of carbonyl (C=O) groups is 2. The fourth-order valence-electron chi connectivity index (χ4n) is 2.87. The SMILES string of the molecule is CC(Sc1ccc(Cl)cc1)C(=O)NC1CCN(C(=O)c2ccco2)CC1. The number of piperidine rings is 1. The van der Waals surface area contributed by atoms with Gasteiger partial charge in [0.15, 0.2) is 5.76 Å². The molecule has 2 aromatic rings. The van der Waals surface area contributed by atoms with Crippen molar-refractivity contribution in [3.8, 4) is 0 Å².